The molecule has 0 aromatic rings. The average molecular weight is 289 g/mol. The van der Waals surface area contributed by atoms with Crippen LogP contribution in [0.2, 0.25) is 0 Å². The third-order valence-electron chi connectivity index (χ3n) is 0.640. The van der Waals surface area contributed by atoms with Crippen molar-refractivity contribution in [2.24, 2.45) is 3.21 Å². The Morgan fingerprint density at radius 3 is 2.67 bits per heavy atom. The molecule has 0 aliphatic rings. The van der Waals surface area contributed by atoms with E-state index in [1.54, 1.807) is 6.21 Å². The van der Waals surface area contributed by atoms with Crippen molar-refractivity contribution in [3.05, 3.63) is 0 Å². The number of nitrogens with one attached hydrogen (secondary N) is 1. The minimum absolute atomic E-state index is 0.227. The number of hydrogen-bond acceptors (Lipinski definition) is 4. The van der Waals surface area contributed by atoms with Crippen LogP contribution in [-0.4, -0.2) is 36.6 Å². The average Bonchev–Trinajstić information content (AvgIpc) is 1.94. The van der Waals surface area contributed by atoms with E-state index in [0.717, 1.165) is 0 Å². The van der Waals surface area contributed by atoms with Gasteiger partial charge in [0.15, 0.2) is 0 Å². The maximum absolute atomic E-state index is 5.04. The van der Waals surface area contributed by atoms with E-state index < -0.39 is 0 Å². The predicted octanol–water partition coefficient (Wildman–Crippen LogP) is -2.89. The quantitative estimate of drug-likeness (QED) is 0.143. The Kier molecular flexibility index (Phi) is 6.86. The Balaban J connectivity index is 3.11. The van der Waals surface area contributed by atoms with E-state index in [2.05, 4.69) is 8.85 Å². The van der Waals surface area contributed by atoms with Crippen LogP contribution in [0.15, 0.2) is 3.21 Å². The molecule has 0 atom stereocenters. The molecule has 0 saturated carbocycles. The van der Waals surface area contributed by atoms with Crippen LogP contribution in [0.4, 0.5) is 0 Å². The summed E-state index contributed by atoms with van der Waals surface area (Å²) in [5.74, 6) is 0. The molecule has 74 valence electrons. The summed E-state index contributed by atoms with van der Waals surface area (Å²) in [6, 6.07) is 0. The van der Waals surface area contributed by atoms with Gasteiger partial charge in [0.2, 0.25) is 0 Å². The van der Waals surface area contributed by atoms with E-state index in [4.69, 9.17) is 9.78 Å². The molecule has 0 heterocycles. The van der Waals surface area contributed by atoms with Crippen molar-refractivity contribution >= 4 is 6.21 Å². The second kappa shape index (κ2) is 6.72. The summed E-state index contributed by atoms with van der Waals surface area (Å²) in [4.78, 5) is 10.00. The van der Waals surface area contributed by atoms with Gasteiger partial charge < -0.3 is 0 Å². The predicted molar refractivity (Wildman–Crippen MR) is 42.4 cm³/mol. The van der Waals surface area contributed by atoms with Crippen LogP contribution in [0, 0.1) is 0 Å². The second-order valence-corrected chi connectivity index (χ2v) is 4.65. The number of halogens is 1. The molecule has 0 fully saturated rings. The van der Waals surface area contributed by atoms with Crippen molar-refractivity contribution in [1.29, 1.82) is 0 Å². The van der Waals surface area contributed by atoms with Gasteiger partial charge in [-0.3, -0.25) is 0 Å². The molecule has 0 rings (SSSR count). The molecule has 0 radical (unpaired) electrons. The molecular weight excluding hydrogens is 273 g/mol. The van der Waals surface area contributed by atoms with E-state index in [1.165, 1.54) is 0 Å². The topological polar surface area (TPSA) is 42.8 Å². The number of nitrogens with zero attached hydrogens (tertiary/aromatic N) is 2. The van der Waals surface area contributed by atoms with Crippen molar-refractivity contribution < 1.29 is 35.9 Å². The van der Waals surface area contributed by atoms with Gasteiger partial charge in [-0.1, -0.05) is 0 Å². The first-order valence-electron chi connectivity index (χ1n) is 3.49. The molecule has 0 aromatic carbocycles. The molecule has 0 saturated heterocycles. The Hall–Kier alpha value is 0.240. The van der Waals surface area contributed by atoms with Gasteiger partial charge in [0, 0.05) is 0 Å². The van der Waals surface area contributed by atoms with Crippen molar-refractivity contribution in [3.63, 3.8) is 0 Å². The Labute approximate surface area is 83.8 Å². The van der Waals surface area contributed by atoms with E-state index in [9.17, 15) is 0 Å². The molecule has 0 bridgehead atoms. The van der Waals surface area contributed by atoms with E-state index in [1.807, 2.05) is 28.1 Å². The summed E-state index contributed by atoms with van der Waals surface area (Å²) >= 11 is -0.227. The summed E-state index contributed by atoms with van der Waals surface area (Å²) in [6.07, 6.45) is 1.79. The van der Waals surface area contributed by atoms with Gasteiger partial charge in [-0.25, -0.2) is 0 Å². The van der Waals surface area contributed by atoms with Gasteiger partial charge >= 0.3 is 83.6 Å². The van der Waals surface area contributed by atoms with Gasteiger partial charge in [0.25, 0.3) is 0 Å². The number of hydrogen-bond donors (Lipinski definition) is 1. The van der Waals surface area contributed by atoms with Gasteiger partial charge in [0.1, 0.15) is 0 Å². The van der Waals surface area contributed by atoms with Crippen molar-refractivity contribution in [3.8, 4) is 0 Å². The van der Waals surface area contributed by atoms with Crippen molar-refractivity contribution in [2.45, 2.75) is 6.92 Å². The third-order valence-corrected chi connectivity index (χ3v) is 2.18. The number of quaternary nitrogens is 1. The summed E-state index contributed by atoms with van der Waals surface area (Å²) in [6.45, 7) is 1.90. The molecule has 0 unspecified atom stereocenters. The molecule has 0 spiro atoms. The summed E-state index contributed by atoms with van der Waals surface area (Å²) in [7, 11) is 5.65. The van der Waals surface area contributed by atoms with Crippen LogP contribution in [0.1, 0.15) is 6.92 Å². The molecule has 0 aromatic heterocycles. The van der Waals surface area contributed by atoms with E-state index >= 15 is 0 Å². The Morgan fingerprint density at radius 2 is 2.17 bits per heavy atom. The zero-order chi connectivity index (χ0) is 9.45. The van der Waals surface area contributed by atoms with Gasteiger partial charge in [-0.2, -0.15) is 0 Å². The number of rotatable bonds is 6. The fraction of sp³-hybridized carbons (Fsp3) is 0.833. The summed E-state index contributed by atoms with van der Waals surface area (Å²) < 4.78 is 5.04. The van der Waals surface area contributed by atoms with Crippen LogP contribution in [0.25, 0.3) is 0 Å². The zero-order valence-electron chi connectivity index (χ0n) is 7.87. The van der Waals surface area contributed by atoms with Crippen LogP contribution >= 0.6 is 0 Å². The minimum atomic E-state index is -0.227. The van der Waals surface area contributed by atoms with Crippen LogP contribution in [-0.2, 0) is 9.78 Å². The molecule has 1 N–H and O–H groups in total. The second-order valence-electron chi connectivity index (χ2n) is 2.79. The fourth-order valence-electron chi connectivity index (χ4n) is 0.282. The first kappa shape index (κ1) is 12.2. The fourth-order valence-corrected chi connectivity index (χ4v) is 1.10. The summed E-state index contributed by atoms with van der Waals surface area (Å²) in [5, 5.41) is 0. The molecule has 12 heavy (non-hydrogen) atoms. The molecular formula is C6H16IN3O2. The van der Waals surface area contributed by atoms with E-state index in [-0.39, 0.29) is 21.5 Å². The van der Waals surface area contributed by atoms with Crippen LogP contribution < -0.4 is 27.1 Å². The monoisotopic (exact) mass is 289 g/mol. The van der Waals surface area contributed by atoms with Gasteiger partial charge in [-0.05, 0) is 0 Å². The SMILES string of the molecule is CC=N[I-]CONO[N+](C)(C)C. The molecule has 6 heteroatoms. The summed E-state index contributed by atoms with van der Waals surface area (Å²) in [5.41, 5.74) is 2.41. The first-order chi connectivity index (χ1) is 5.56. The van der Waals surface area contributed by atoms with Crippen molar-refractivity contribution in [1.82, 2.24) is 5.64 Å². The van der Waals surface area contributed by atoms with Crippen LogP contribution in [0.3, 0.4) is 0 Å². The maximum atomic E-state index is 5.04. The normalized spacial score (nSPS) is 13.0. The van der Waals surface area contributed by atoms with Crippen LogP contribution in [0.5, 0.6) is 0 Å². The van der Waals surface area contributed by atoms with Crippen molar-refractivity contribution in [2.75, 3.05) is 25.8 Å². The molecule has 0 aliphatic carbocycles. The molecule has 5 nitrogen and oxygen atoms in total. The Morgan fingerprint density at radius 1 is 1.50 bits per heavy atom. The molecule has 0 amide bonds. The number of alkyl halides is 1. The number of hydroxylamine groups is 3. The van der Waals surface area contributed by atoms with Gasteiger partial charge in [0.05, 0.1) is 0 Å². The Bertz CT molecular complexity index is 135. The first-order valence-corrected chi connectivity index (χ1v) is 5.98. The third kappa shape index (κ3) is 10.2. The van der Waals surface area contributed by atoms with Gasteiger partial charge in [-0.15, -0.1) is 0 Å². The zero-order valence-corrected chi connectivity index (χ0v) is 10.0. The standard InChI is InChI=1S/C6H16IN3O2/c1-5-8-7-6-11-9-12-10(2,3)4/h5,9H,6H2,1-4H3. The van der Waals surface area contributed by atoms with E-state index in [0.29, 0.717) is 9.26 Å². The molecule has 0 aliphatic heterocycles.